The summed E-state index contributed by atoms with van der Waals surface area (Å²) in [5.41, 5.74) is 0. The molecule has 0 aliphatic carbocycles. The fraction of sp³-hybridized carbons (Fsp3) is 0.400. The Morgan fingerprint density at radius 2 is 2.33 bits per heavy atom. The second-order valence-corrected chi connectivity index (χ2v) is 4.79. The number of hydrogen-bond acceptors (Lipinski definition) is 4. The van der Waals surface area contributed by atoms with Crippen LogP contribution in [0.15, 0.2) is 18.5 Å². The van der Waals surface area contributed by atoms with E-state index in [1.54, 1.807) is 16.0 Å². The average molecular weight is 223 g/mol. The Hall–Kier alpha value is -1.20. The van der Waals surface area contributed by atoms with Crippen molar-refractivity contribution in [3.05, 3.63) is 34.0 Å². The zero-order valence-electron chi connectivity index (χ0n) is 8.71. The van der Waals surface area contributed by atoms with Gasteiger partial charge in [-0.1, -0.05) is 0 Å². The number of rotatable bonds is 3. The molecule has 15 heavy (non-hydrogen) atoms. The van der Waals surface area contributed by atoms with Gasteiger partial charge >= 0.3 is 0 Å². The number of aliphatic hydroxyl groups is 1. The topological polar surface area (TPSA) is 50.9 Å². The van der Waals surface area contributed by atoms with Gasteiger partial charge in [0.05, 0.1) is 6.10 Å². The van der Waals surface area contributed by atoms with Crippen molar-refractivity contribution >= 4 is 11.3 Å². The molecule has 0 fully saturated rings. The molecule has 0 spiro atoms. The van der Waals surface area contributed by atoms with Crippen LogP contribution in [-0.2, 0) is 13.5 Å². The zero-order valence-corrected chi connectivity index (χ0v) is 9.53. The number of thiophene rings is 1. The summed E-state index contributed by atoms with van der Waals surface area (Å²) >= 11 is 1.62. The quantitative estimate of drug-likeness (QED) is 0.857. The van der Waals surface area contributed by atoms with Crippen molar-refractivity contribution in [1.29, 1.82) is 0 Å². The van der Waals surface area contributed by atoms with Crippen LogP contribution in [0.3, 0.4) is 0 Å². The van der Waals surface area contributed by atoms with Crippen molar-refractivity contribution in [2.45, 2.75) is 19.4 Å². The van der Waals surface area contributed by atoms with E-state index >= 15 is 0 Å². The van der Waals surface area contributed by atoms with E-state index in [1.165, 1.54) is 11.2 Å². The highest BCUT2D eigenvalue weighted by atomic mass is 32.1. The molecule has 1 N–H and O–H groups in total. The van der Waals surface area contributed by atoms with Crippen LogP contribution in [0.1, 0.15) is 21.7 Å². The van der Waals surface area contributed by atoms with Crippen LogP contribution >= 0.6 is 11.3 Å². The minimum absolute atomic E-state index is 0.480. The van der Waals surface area contributed by atoms with Gasteiger partial charge < -0.3 is 5.11 Å². The lowest BCUT2D eigenvalue weighted by Gasteiger charge is -2.07. The molecule has 0 bridgehead atoms. The van der Waals surface area contributed by atoms with E-state index in [1.807, 2.05) is 26.1 Å². The van der Waals surface area contributed by atoms with Crippen LogP contribution < -0.4 is 0 Å². The van der Waals surface area contributed by atoms with Crippen LogP contribution in [0.2, 0.25) is 0 Å². The molecule has 1 atom stereocenters. The summed E-state index contributed by atoms with van der Waals surface area (Å²) in [6, 6.07) is 3.97. The first-order valence-corrected chi connectivity index (χ1v) is 5.55. The molecule has 0 saturated heterocycles. The largest absolute Gasteiger partial charge is 0.387 e. The summed E-state index contributed by atoms with van der Waals surface area (Å²) in [5.74, 6) is 0.800. The van der Waals surface area contributed by atoms with Crippen molar-refractivity contribution in [2.75, 3.05) is 0 Å². The lowest BCUT2D eigenvalue weighted by atomic mass is 10.2. The third-order valence-corrected chi connectivity index (χ3v) is 3.37. The molecule has 0 aromatic carbocycles. The van der Waals surface area contributed by atoms with Gasteiger partial charge in [-0.2, -0.15) is 5.10 Å². The fourth-order valence-electron chi connectivity index (χ4n) is 1.41. The Morgan fingerprint density at radius 3 is 2.87 bits per heavy atom. The van der Waals surface area contributed by atoms with Crippen molar-refractivity contribution in [3.8, 4) is 0 Å². The van der Waals surface area contributed by atoms with E-state index in [4.69, 9.17) is 0 Å². The summed E-state index contributed by atoms with van der Waals surface area (Å²) in [6.07, 6.45) is 1.53. The standard InChI is InChI=1S/C10H13N3OS/c1-7-3-4-9(15-7)8(14)5-10-11-6-12-13(10)2/h3-4,6,8,14H,5H2,1-2H3. The third-order valence-electron chi connectivity index (χ3n) is 2.27. The molecule has 80 valence electrons. The first-order valence-electron chi connectivity index (χ1n) is 4.74. The van der Waals surface area contributed by atoms with Crippen LogP contribution in [-0.4, -0.2) is 19.9 Å². The highest BCUT2D eigenvalue weighted by Crippen LogP contribution is 2.24. The van der Waals surface area contributed by atoms with Gasteiger partial charge in [0.1, 0.15) is 12.2 Å². The summed E-state index contributed by atoms with van der Waals surface area (Å²) < 4.78 is 1.68. The van der Waals surface area contributed by atoms with Crippen molar-refractivity contribution < 1.29 is 5.11 Å². The normalized spacial score (nSPS) is 13.0. The maximum Gasteiger partial charge on any atom is 0.138 e. The second kappa shape index (κ2) is 4.12. The molecular formula is C10H13N3OS. The van der Waals surface area contributed by atoms with Gasteiger partial charge in [0.2, 0.25) is 0 Å². The Morgan fingerprint density at radius 1 is 1.53 bits per heavy atom. The van der Waals surface area contributed by atoms with Gasteiger partial charge in [-0.25, -0.2) is 4.98 Å². The second-order valence-electron chi connectivity index (χ2n) is 3.47. The Kier molecular flexibility index (Phi) is 2.83. The summed E-state index contributed by atoms with van der Waals surface area (Å²) in [5, 5.41) is 13.9. The summed E-state index contributed by atoms with van der Waals surface area (Å²) in [7, 11) is 1.83. The van der Waals surface area contributed by atoms with E-state index < -0.39 is 6.10 Å². The predicted molar refractivity (Wildman–Crippen MR) is 58.7 cm³/mol. The monoisotopic (exact) mass is 223 g/mol. The van der Waals surface area contributed by atoms with Crippen LogP contribution in [0.25, 0.3) is 0 Å². The number of aliphatic hydroxyl groups excluding tert-OH is 1. The maximum absolute atomic E-state index is 9.96. The van der Waals surface area contributed by atoms with E-state index in [-0.39, 0.29) is 0 Å². The molecule has 0 amide bonds. The molecule has 5 heteroatoms. The summed E-state index contributed by atoms with van der Waals surface area (Å²) in [6.45, 7) is 2.03. The SMILES string of the molecule is Cc1ccc(C(O)Cc2ncnn2C)s1. The fourth-order valence-corrected chi connectivity index (χ4v) is 2.27. The Bertz CT molecular complexity index is 449. The molecule has 2 aromatic rings. The molecular weight excluding hydrogens is 210 g/mol. The molecule has 4 nitrogen and oxygen atoms in total. The Balaban J connectivity index is 2.10. The minimum Gasteiger partial charge on any atom is -0.387 e. The Labute approximate surface area is 92.2 Å². The zero-order chi connectivity index (χ0) is 10.8. The molecule has 1 unspecified atom stereocenters. The van der Waals surface area contributed by atoms with E-state index in [0.29, 0.717) is 6.42 Å². The van der Waals surface area contributed by atoms with Crippen molar-refractivity contribution in [2.24, 2.45) is 7.05 Å². The number of nitrogens with zero attached hydrogens (tertiary/aromatic N) is 3. The minimum atomic E-state index is -0.480. The van der Waals surface area contributed by atoms with E-state index in [0.717, 1.165) is 10.7 Å². The maximum atomic E-state index is 9.96. The number of aromatic nitrogens is 3. The van der Waals surface area contributed by atoms with Crippen molar-refractivity contribution in [1.82, 2.24) is 14.8 Å². The van der Waals surface area contributed by atoms with E-state index in [9.17, 15) is 5.11 Å². The van der Waals surface area contributed by atoms with Crippen LogP contribution in [0.4, 0.5) is 0 Å². The molecule has 0 saturated carbocycles. The predicted octanol–water partition coefficient (Wildman–Crippen LogP) is 1.46. The number of hydrogen-bond donors (Lipinski definition) is 1. The van der Waals surface area contributed by atoms with Gasteiger partial charge in [-0.3, -0.25) is 4.68 Å². The smallest absolute Gasteiger partial charge is 0.138 e. The average Bonchev–Trinajstić information content (AvgIpc) is 2.77. The van der Waals surface area contributed by atoms with Gasteiger partial charge in [0.25, 0.3) is 0 Å². The van der Waals surface area contributed by atoms with E-state index in [2.05, 4.69) is 10.1 Å². The highest BCUT2D eigenvalue weighted by molar-refractivity contribution is 7.12. The molecule has 2 rings (SSSR count). The van der Waals surface area contributed by atoms with Crippen molar-refractivity contribution in [3.63, 3.8) is 0 Å². The summed E-state index contributed by atoms with van der Waals surface area (Å²) in [4.78, 5) is 6.28. The first-order chi connectivity index (χ1) is 7.16. The number of aryl methyl sites for hydroxylation is 2. The molecule has 2 heterocycles. The lowest BCUT2D eigenvalue weighted by Crippen LogP contribution is -2.06. The van der Waals surface area contributed by atoms with Gasteiger partial charge in [0.15, 0.2) is 0 Å². The molecule has 0 radical (unpaired) electrons. The highest BCUT2D eigenvalue weighted by Gasteiger charge is 2.13. The third kappa shape index (κ3) is 2.24. The van der Waals surface area contributed by atoms with Gasteiger partial charge in [0, 0.05) is 23.2 Å². The lowest BCUT2D eigenvalue weighted by molar-refractivity contribution is 0.178. The molecule has 0 aliphatic heterocycles. The molecule has 2 aromatic heterocycles. The van der Waals surface area contributed by atoms with Crippen LogP contribution in [0, 0.1) is 6.92 Å². The van der Waals surface area contributed by atoms with Gasteiger partial charge in [-0.15, -0.1) is 11.3 Å². The van der Waals surface area contributed by atoms with Crippen LogP contribution in [0.5, 0.6) is 0 Å². The first kappa shape index (κ1) is 10.3. The van der Waals surface area contributed by atoms with Gasteiger partial charge in [-0.05, 0) is 19.1 Å². The molecule has 0 aliphatic rings.